The van der Waals surface area contributed by atoms with Gasteiger partial charge in [-0.25, -0.2) is 0 Å². The van der Waals surface area contributed by atoms with Crippen LogP contribution in [-0.2, 0) is 4.79 Å². The summed E-state index contributed by atoms with van der Waals surface area (Å²) >= 11 is 5.68. The predicted octanol–water partition coefficient (Wildman–Crippen LogP) is 2.52. The molecule has 2 nitrogen and oxygen atoms in total. The summed E-state index contributed by atoms with van der Waals surface area (Å²) in [5.74, 6) is -0.174. The van der Waals surface area contributed by atoms with Crippen molar-refractivity contribution >= 4 is 17.4 Å². The Kier molecular flexibility index (Phi) is 3.86. The van der Waals surface area contributed by atoms with Crippen LogP contribution >= 0.6 is 11.6 Å². The SMILES string of the molecule is C=CC(=O)CC(O)c1ccc(Cl)cc1. The number of benzene rings is 1. The minimum absolute atomic E-state index is 0.0606. The summed E-state index contributed by atoms with van der Waals surface area (Å²) in [6.07, 6.45) is 0.488. The Morgan fingerprint density at radius 1 is 1.50 bits per heavy atom. The van der Waals surface area contributed by atoms with E-state index in [0.717, 1.165) is 0 Å². The molecule has 0 saturated heterocycles. The summed E-state index contributed by atoms with van der Waals surface area (Å²) in [7, 11) is 0. The van der Waals surface area contributed by atoms with Crippen LogP contribution in [0.3, 0.4) is 0 Å². The Balaban J connectivity index is 2.69. The lowest BCUT2D eigenvalue weighted by molar-refractivity contribution is -0.116. The minimum atomic E-state index is -0.780. The molecule has 0 aliphatic rings. The van der Waals surface area contributed by atoms with Gasteiger partial charge in [0.25, 0.3) is 0 Å². The normalized spacial score (nSPS) is 12.1. The van der Waals surface area contributed by atoms with Gasteiger partial charge >= 0.3 is 0 Å². The number of hydrogen-bond donors (Lipinski definition) is 1. The zero-order valence-electron chi connectivity index (χ0n) is 7.61. The molecule has 0 aromatic heterocycles. The average Bonchev–Trinajstić information content (AvgIpc) is 2.18. The lowest BCUT2D eigenvalue weighted by Gasteiger charge is -2.08. The van der Waals surface area contributed by atoms with Crippen molar-refractivity contribution < 1.29 is 9.90 Å². The van der Waals surface area contributed by atoms with Gasteiger partial charge in [-0.2, -0.15) is 0 Å². The van der Waals surface area contributed by atoms with Gasteiger partial charge in [-0.15, -0.1) is 0 Å². The molecule has 14 heavy (non-hydrogen) atoms. The fourth-order valence-corrected chi connectivity index (χ4v) is 1.20. The molecule has 1 unspecified atom stereocenters. The van der Waals surface area contributed by atoms with E-state index in [4.69, 9.17) is 11.6 Å². The van der Waals surface area contributed by atoms with E-state index in [2.05, 4.69) is 6.58 Å². The molecule has 74 valence electrons. The topological polar surface area (TPSA) is 37.3 Å². The van der Waals surface area contributed by atoms with Crippen LogP contribution in [0.25, 0.3) is 0 Å². The zero-order valence-corrected chi connectivity index (χ0v) is 8.37. The summed E-state index contributed by atoms with van der Waals surface area (Å²) in [5.41, 5.74) is 0.685. The third-order valence-corrected chi connectivity index (χ3v) is 2.13. The first-order valence-corrected chi connectivity index (χ1v) is 4.60. The van der Waals surface area contributed by atoms with E-state index in [1.165, 1.54) is 6.08 Å². The first kappa shape index (κ1) is 11.0. The van der Waals surface area contributed by atoms with Gasteiger partial charge in [-0.1, -0.05) is 30.3 Å². The molecule has 0 bridgehead atoms. The van der Waals surface area contributed by atoms with Crippen molar-refractivity contribution in [2.75, 3.05) is 0 Å². The smallest absolute Gasteiger partial charge is 0.158 e. The lowest BCUT2D eigenvalue weighted by atomic mass is 10.0. The number of carbonyl (C=O) groups excluding carboxylic acids is 1. The van der Waals surface area contributed by atoms with Crippen LogP contribution in [0.5, 0.6) is 0 Å². The van der Waals surface area contributed by atoms with Crippen LogP contribution in [0.4, 0.5) is 0 Å². The second kappa shape index (κ2) is 4.94. The van der Waals surface area contributed by atoms with Gasteiger partial charge in [-0.05, 0) is 23.8 Å². The van der Waals surface area contributed by atoms with E-state index >= 15 is 0 Å². The van der Waals surface area contributed by atoms with Gasteiger partial charge in [0.15, 0.2) is 5.78 Å². The van der Waals surface area contributed by atoms with Crippen LogP contribution in [-0.4, -0.2) is 10.9 Å². The molecule has 0 heterocycles. The molecule has 1 aromatic carbocycles. The van der Waals surface area contributed by atoms with Crippen molar-refractivity contribution in [3.05, 3.63) is 47.5 Å². The van der Waals surface area contributed by atoms with Crippen molar-refractivity contribution in [3.63, 3.8) is 0 Å². The molecule has 1 rings (SSSR count). The fraction of sp³-hybridized carbons (Fsp3) is 0.182. The Labute approximate surface area is 87.8 Å². The zero-order chi connectivity index (χ0) is 10.6. The Morgan fingerprint density at radius 3 is 2.57 bits per heavy atom. The van der Waals surface area contributed by atoms with E-state index < -0.39 is 6.10 Å². The van der Waals surface area contributed by atoms with Crippen LogP contribution in [0.2, 0.25) is 5.02 Å². The molecule has 0 saturated carbocycles. The second-order valence-corrected chi connectivity index (χ2v) is 3.38. The van der Waals surface area contributed by atoms with E-state index in [1.54, 1.807) is 24.3 Å². The number of halogens is 1. The molecule has 0 aliphatic heterocycles. The number of ketones is 1. The van der Waals surface area contributed by atoms with E-state index in [1.807, 2.05) is 0 Å². The Hall–Kier alpha value is -1.12. The van der Waals surface area contributed by atoms with Gasteiger partial charge in [0.05, 0.1) is 6.10 Å². The number of aliphatic hydroxyl groups excluding tert-OH is 1. The first-order chi connectivity index (χ1) is 6.63. The van der Waals surface area contributed by atoms with Crippen molar-refractivity contribution in [2.45, 2.75) is 12.5 Å². The van der Waals surface area contributed by atoms with Crippen molar-refractivity contribution in [2.24, 2.45) is 0 Å². The standard InChI is InChI=1S/C11H11ClO2/c1-2-10(13)7-11(14)8-3-5-9(12)6-4-8/h2-6,11,14H,1,7H2. The Bertz CT molecular complexity index is 330. The van der Waals surface area contributed by atoms with E-state index in [9.17, 15) is 9.90 Å². The third-order valence-electron chi connectivity index (χ3n) is 1.88. The first-order valence-electron chi connectivity index (χ1n) is 4.22. The largest absolute Gasteiger partial charge is 0.388 e. The molecular formula is C11H11ClO2. The van der Waals surface area contributed by atoms with Gasteiger partial charge in [-0.3, -0.25) is 4.79 Å². The average molecular weight is 211 g/mol. The predicted molar refractivity (Wildman–Crippen MR) is 56.2 cm³/mol. The highest BCUT2D eigenvalue weighted by Gasteiger charge is 2.10. The van der Waals surface area contributed by atoms with Gasteiger partial charge in [0.2, 0.25) is 0 Å². The van der Waals surface area contributed by atoms with Crippen molar-refractivity contribution in [1.29, 1.82) is 0 Å². The van der Waals surface area contributed by atoms with Crippen molar-refractivity contribution in [3.8, 4) is 0 Å². The summed E-state index contributed by atoms with van der Waals surface area (Å²) in [6.45, 7) is 3.34. The molecule has 0 fully saturated rings. The minimum Gasteiger partial charge on any atom is -0.388 e. The molecule has 1 aromatic rings. The third kappa shape index (κ3) is 2.98. The lowest BCUT2D eigenvalue weighted by Crippen LogP contribution is -2.03. The van der Waals surface area contributed by atoms with Gasteiger partial charge < -0.3 is 5.11 Å². The van der Waals surface area contributed by atoms with Crippen LogP contribution in [0.15, 0.2) is 36.9 Å². The maximum atomic E-state index is 11.0. The summed E-state index contributed by atoms with van der Waals surface area (Å²) < 4.78 is 0. The number of rotatable bonds is 4. The molecule has 0 aliphatic carbocycles. The second-order valence-electron chi connectivity index (χ2n) is 2.94. The number of carbonyl (C=O) groups is 1. The van der Waals surface area contributed by atoms with Gasteiger partial charge in [0, 0.05) is 11.4 Å². The number of allylic oxidation sites excluding steroid dienone is 1. The summed E-state index contributed by atoms with van der Waals surface area (Å²) in [6, 6.07) is 6.75. The quantitative estimate of drug-likeness (QED) is 0.776. The molecule has 1 atom stereocenters. The van der Waals surface area contributed by atoms with E-state index in [0.29, 0.717) is 10.6 Å². The molecule has 0 radical (unpaired) electrons. The molecule has 0 amide bonds. The highest BCUT2D eigenvalue weighted by molar-refractivity contribution is 6.30. The maximum Gasteiger partial charge on any atom is 0.158 e. The van der Waals surface area contributed by atoms with Gasteiger partial charge in [0.1, 0.15) is 0 Å². The van der Waals surface area contributed by atoms with E-state index in [-0.39, 0.29) is 12.2 Å². The van der Waals surface area contributed by atoms with Crippen LogP contribution in [0.1, 0.15) is 18.1 Å². The number of hydrogen-bond acceptors (Lipinski definition) is 2. The number of aliphatic hydroxyl groups is 1. The van der Waals surface area contributed by atoms with Crippen LogP contribution < -0.4 is 0 Å². The molecule has 0 spiro atoms. The highest BCUT2D eigenvalue weighted by Crippen LogP contribution is 2.19. The molecular weight excluding hydrogens is 200 g/mol. The maximum absolute atomic E-state index is 11.0. The highest BCUT2D eigenvalue weighted by atomic mass is 35.5. The monoisotopic (exact) mass is 210 g/mol. The summed E-state index contributed by atoms with van der Waals surface area (Å²) in [5, 5.41) is 10.2. The van der Waals surface area contributed by atoms with Crippen LogP contribution in [0, 0.1) is 0 Å². The molecule has 1 N–H and O–H groups in total. The fourth-order valence-electron chi connectivity index (χ4n) is 1.08. The summed E-state index contributed by atoms with van der Waals surface area (Å²) in [4.78, 5) is 11.0. The Morgan fingerprint density at radius 2 is 2.07 bits per heavy atom. The molecule has 3 heteroatoms. The van der Waals surface area contributed by atoms with Crippen molar-refractivity contribution in [1.82, 2.24) is 0 Å².